The van der Waals surface area contributed by atoms with Crippen LogP contribution in [-0.4, -0.2) is 11.7 Å². The maximum Gasteiger partial charge on any atom is 0.134 e. The highest BCUT2D eigenvalue weighted by molar-refractivity contribution is 5.29. The van der Waals surface area contributed by atoms with Crippen LogP contribution in [0.3, 0.4) is 0 Å². The largest absolute Gasteiger partial charge is 0.489 e. The second kappa shape index (κ2) is 7.03. The van der Waals surface area contributed by atoms with Crippen LogP contribution in [0, 0.1) is 5.82 Å². The average Bonchev–Trinajstić information content (AvgIpc) is 2.48. The zero-order valence-corrected chi connectivity index (χ0v) is 11.2. The van der Waals surface area contributed by atoms with Crippen LogP contribution in [0.4, 0.5) is 4.39 Å². The Morgan fingerprint density at radius 1 is 1.05 bits per heavy atom. The summed E-state index contributed by atoms with van der Waals surface area (Å²) in [6.45, 7) is 0.464. The molecule has 2 aromatic carbocycles. The molecule has 0 radical (unpaired) electrons. The predicted octanol–water partition coefficient (Wildman–Crippen LogP) is 2.40. The van der Waals surface area contributed by atoms with Crippen LogP contribution in [-0.2, 0) is 19.6 Å². The Hall–Kier alpha value is -1.91. The Labute approximate surface area is 117 Å². The van der Waals surface area contributed by atoms with E-state index in [0.717, 1.165) is 5.56 Å². The Bertz CT molecular complexity index is 555. The monoisotopic (exact) mass is 275 g/mol. The van der Waals surface area contributed by atoms with E-state index < -0.39 is 0 Å². The summed E-state index contributed by atoms with van der Waals surface area (Å²) >= 11 is 0. The van der Waals surface area contributed by atoms with Crippen molar-refractivity contribution in [1.29, 1.82) is 0 Å². The first-order valence-electron chi connectivity index (χ1n) is 6.53. The molecule has 0 amide bonds. The molecule has 0 aliphatic rings. The van der Waals surface area contributed by atoms with Crippen molar-refractivity contribution in [3.05, 3.63) is 65.0 Å². The van der Waals surface area contributed by atoms with Crippen molar-refractivity contribution >= 4 is 0 Å². The van der Waals surface area contributed by atoms with Crippen LogP contribution >= 0.6 is 0 Å². The van der Waals surface area contributed by atoms with Crippen LogP contribution in [0.25, 0.3) is 0 Å². The lowest BCUT2D eigenvalue weighted by Gasteiger charge is -2.09. The first kappa shape index (κ1) is 14.5. The molecule has 3 N–H and O–H groups in total. The number of rotatable bonds is 6. The lowest BCUT2D eigenvalue weighted by Crippen LogP contribution is -2.05. The van der Waals surface area contributed by atoms with Gasteiger partial charge in [-0.25, -0.2) is 4.39 Å². The summed E-state index contributed by atoms with van der Waals surface area (Å²) in [7, 11) is 0. The highest BCUT2D eigenvalue weighted by Crippen LogP contribution is 2.17. The van der Waals surface area contributed by atoms with Gasteiger partial charge in [0.05, 0.1) is 0 Å². The minimum Gasteiger partial charge on any atom is -0.489 e. The normalized spacial score (nSPS) is 10.6. The van der Waals surface area contributed by atoms with Gasteiger partial charge in [0.15, 0.2) is 0 Å². The summed E-state index contributed by atoms with van der Waals surface area (Å²) in [6, 6.07) is 12.5. The number of benzene rings is 2. The van der Waals surface area contributed by atoms with Crippen LogP contribution in [0.1, 0.15) is 16.7 Å². The third kappa shape index (κ3) is 3.56. The van der Waals surface area contributed by atoms with Gasteiger partial charge in [0.2, 0.25) is 0 Å². The van der Waals surface area contributed by atoms with Crippen LogP contribution in [0.15, 0.2) is 42.5 Å². The number of aliphatic hydroxyl groups is 1. The van der Waals surface area contributed by atoms with Crippen molar-refractivity contribution in [3.8, 4) is 5.75 Å². The van der Waals surface area contributed by atoms with E-state index in [9.17, 15) is 4.39 Å². The van der Waals surface area contributed by atoms with Gasteiger partial charge < -0.3 is 15.6 Å². The Morgan fingerprint density at radius 2 is 1.75 bits per heavy atom. The Kier molecular flexibility index (Phi) is 5.09. The molecule has 3 nitrogen and oxygen atoms in total. The van der Waals surface area contributed by atoms with Crippen LogP contribution in [0.2, 0.25) is 0 Å². The maximum absolute atomic E-state index is 14.0. The van der Waals surface area contributed by atoms with Gasteiger partial charge in [-0.1, -0.05) is 30.3 Å². The summed E-state index contributed by atoms with van der Waals surface area (Å²) < 4.78 is 19.5. The molecule has 106 valence electrons. The molecule has 0 atom stereocenters. The van der Waals surface area contributed by atoms with E-state index in [1.807, 2.05) is 24.3 Å². The molecule has 0 heterocycles. The van der Waals surface area contributed by atoms with Gasteiger partial charge in [-0.3, -0.25) is 0 Å². The minimum absolute atomic E-state index is 0.122. The van der Waals surface area contributed by atoms with E-state index in [4.69, 9.17) is 15.6 Å². The van der Waals surface area contributed by atoms with E-state index >= 15 is 0 Å². The molecule has 0 aliphatic carbocycles. The van der Waals surface area contributed by atoms with Gasteiger partial charge in [0.25, 0.3) is 0 Å². The molecule has 0 saturated carbocycles. The van der Waals surface area contributed by atoms with Gasteiger partial charge in [0, 0.05) is 24.3 Å². The molecule has 2 aromatic rings. The highest BCUT2D eigenvalue weighted by atomic mass is 19.1. The average molecular weight is 275 g/mol. The number of nitrogens with two attached hydrogens (primary N) is 1. The molecule has 4 heteroatoms. The third-order valence-electron chi connectivity index (χ3n) is 3.10. The van der Waals surface area contributed by atoms with E-state index in [0.29, 0.717) is 23.3 Å². The molecular formula is C16H18FNO2. The summed E-state index contributed by atoms with van der Waals surface area (Å²) in [5, 5.41) is 8.84. The van der Waals surface area contributed by atoms with Crippen molar-refractivity contribution in [2.24, 2.45) is 5.73 Å². The fourth-order valence-corrected chi connectivity index (χ4v) is 1.94. The fourth-order valence-electron chi connectivity index (χ4n) is 1.94. The highest BCUT2D eigenvalue weighted by Gasteiger charge is 2.07. The van der Waals surface area contributed by atoms with Crippen molar-refractivity contribution < 1.29 is 14.2 Å². The first-order chi connectivity index (χ1) is 9.74. The predicted molar refractivity (Wildman–Crippen MR) is 75.9 cm³/mol. The molecule has 0 unspecified atom stereocenters. The smallest absolute Gasteiger partial charge is 0.134 e. The summed E-state index contributed by atoms with van der Waals surface area (Å²) in [6.07, 6.45) is 0.619. The summed E-state index contributed by atoms with van der Waals surface area (Å²) in [4.78, 5) is 0. The molecule has 0 fully saturated rings. The van der Waals surface area contributed by atoms with E-state index in [1.165, 1.54) is 0 Å². The second-order valence-corrected chi connectivity index (χ2v) is 4.50. The zero-order chi connectivity index (χ0) is 14.4. The number of halogens is 1. The van der Waals surface area contributed by atoms with Crippen LogP contribution in [0.5, 0.6) is 5.75 Å². The number of aliphatic hydroxyl groups excluding tert-OH is 1. The number of hydrogen-bond donors (Lipinski definition) is 2. The lowest BCUT2D eigenvalue weighted by molar-refractivity contribution is 0.296. The summed E-state index contributed by atoms with van der Waals surface area (Å²) in [5.41, 5.74) is 7.49. The number of hydrogen-bond acceptors (Lipinski definition) is 3. The van der Waals surface area contributed by atoms with Crippen molar-refractivity contribution in [1.82, 2.24) is 0 Å². The van der Waals surface area contributed by atoms with Gasteiger partial charge in [-0.15, -0.1) is 0 Å². The van der Waals surface area contributed by atoms with Crippen molar-refractivity contribution in [2.45, 2.75) is 19.6 Å². The molecular weight excluding hydrogens is 257 g/mol. The molecule has 0 saturated heterocycles. The van der Waals surface area contributed by atoms with Crippen molar-refractivity contribution in [3.63, 3.8) is 0 Å². The molecule has 0 aliphatic heterocycles. The maximum atomic E-state index is 14.0. The van der Waals surface area contributed by atoms with E-state index in [-0.39, 0.29) is 25.6 Å². The lowest BCUT2D eigenvalue weighted by atomic mass is 10.1. The Balaban J connectivity index is 2.01. The van der Waals surface area contributed by atoms with Crippen molar-refractivity contribution in [2.75, 3.05) is 6.61 Å². The van der Waals surface area contributed by atoms with Gasteiger partial charge >= 0.3 is 0 Å². The topological polar surface area (TPSA) is 55.5 Å². The van der Waals surface area contributed by atoms with Gasteiger partial charge in [-0.2, -0.15) is 0 Å². The van der Waals surface area contributed by atoms with E-state index in [1.54, 1.807) is 18.2 Å². The minimum atomic E-state index is -0.299. The molecule has 0 bridgehead atoms. The molecule has 20 heavy (non-hydrogen) atoms. The second-order valence-electron chi connectivity index (χ2n) is 4.50. The fraction of sp³-hybridized carbons (Fsp3) is 0.250. The molecule has 0 spiro atoms. The molecule has 0 aromatic heterocycles. The van der Waals surface area contributed by atoms with Crippen LogP contribution < -0.4 is 10.5 Å². The van der Waals surface area contributed by atoms with Gasteiger partial charge in [-0.05, 0) is 24.1 Å². The standard InChI is InChI=1S/C16H18FNO2/c17-16-13(10-18)2-1-3-14(16)11-20-15-6-4-12(5-7-15)8-9-19/h1-7,19H,8-11,18H2. The van der Waals surface area contributed by atoms with Gasteiger partial charge in [0.1, 0.15) is 18.2 Å². The van der Waals surface area contributed by atoms with E-state index in [2.05, 4.69) is 0 Å². The zero-order valence-electron chi connectivity index (χ0n) is 11.2. The summed E-state index contributed by atoms with van der Waals surface area (Å²) in [5.74, 6) is 0.371. The quantitative estimate of drug-likeness (QED) is 0.851. The Morgan fingerprint density at radius 3 is 2.40 bits per heavy atom. The SMILES string of the molecule is NCc1cccc(COc2ccc(CCO)cc2)c1F. The molecule has 2 rings (SSSR count). The first-order valence-corrected chi connectivity index (χ1v) is 6.53. The number of ether oxygens (including phenoxy) is 1. The third-order valence-corrected chi connectivity index (χ3v) is 3.10.